The quantitative estimate of drug-likeness (QED) is 0.637. The van der Waals surface area contributed by atoms with Crippen LogP contribution in [-0.2, 0) is 0 Å². The number of nitrogens with one attached hydrogen (secondary N) is 1. The van der Waals surface area contributed by atoms with Crippen molar-refractivity contribution in [3.63, 3.8) is 0 Å². The summed E-state index contributed by atoms with van der Waals surface area (Å²) in [5.74, 6) is 1.38. The predicted octanol–water partition coefficient (Wildman–Crippen LogP) is 3.34. The summed E-state index contributed by atoms with van der Waals surface area (Å²) < 4.78 is 0. The molecule has 0 aromatic heterocycles. The zero-order valence-corrected chi connectivity index (χ0v) is 9.83. The molecule has 0 radical (unpaired) electrons. The van der Waals surface area contributed by atoms with E-state index in [2.05, 4.69) is 39.1 Å². The molecule has 0 spiro atoms. The summed E-state index contributed by atoms with van der Waals surface area (Å²) in [4.78, 5) is 0. The van der Waals surface area contributed by atoms with Gasteiger partial charge in [-0.3, -0.25) is 0 Å². The number of benzene rings is 1. The van der Waals surface area contributed by atoms with Gasteiger partial charge in [-0.25, -0.2) is 0 Å². The number of phenolic OH excluding ortho intramolecular Hbond substituents is 1. The van der Waals surface area contributed by atoms with E-state index in [1.807, 2.05) is 6.07 Å². The van der Waals surface area contributed by atoms with Crippen LogP contribution < -0.4 is 5.32 Å². The van der Waals surface area contributed by atoms with Gasteiger partial charge in [-0.15, -0.1) is 0 Å². The lowest BCUT2D eigenvalue weighted by molar-refractivity contribution is 0.313. The van der Waals surface area contributed by atoms with Gasteiger partial charge in [0.1, 0.15) is 5.75 Å². The highest BCUT2D eigenvalue weighted by atomic mass is 16.3. The first kappa shape index (κ1) is 10.3. The number of hydrogen-bond acceptors (Lipinski definition) is 2. The third-order valence-electron chi connectivity index (χ3n) is 3.90. The average Bonchev–Trinajstić information content (AvgIpc) is 2.17. The Morgan fingerprint density at radius 1 is 1.27 bits per heavy atom. The number of anilines is 1. The lowest BCUT2D eigenvalue weighted by Crippen LogP contribution is -2.44. The lowest BCUT2D eigenvalue weighted by Gasteiger charge is -2.43. The predicted molar refractivity (Wildman–Crippen MR) is 63.4 cm³/mol. The highest BCUT2D eigenvalue weighted by molar-refractivity contribution is 5.65. The van der Waals surface area contributed by atoms with Crippen LogP contribution in [0.4, 0.5) is 5.69 Å². The van der Waals surface area contributed by atoms with Gasteiger partial charge in [-0.05, 0) is 37.3 Å². The van der Waals surface area contributed by atoms with E-state index < -0.39 is 0 Å². The van der Waals surface area contributed by atoms with Gasteiger partial charge in [-0.1, -0.05) is 26.0 Å². The van der Waals surface area contributed by atoms with Gasteiger partial charge in [0.05, 0.1) is 5.69 Å². The van der Waals surface area contributed by atoms with Crippen LogP contribution in [0.3, 0.4) is 0 Å². The standard InChI is InChI=1S/C13H19NO/c1-8-9(2)13(3,4)14-12-10(8)6-5-7-11(12)15/h5-9,14-15H,1-4H3. The van der Waals surface area contributed by atoms with Crippen LogP contribution in [0.1, 0.15) is 39.2 Å². The van der Waals surface area contributed by atoms with Crippen molar-refractivity contribution in [2.45, 2.75) is 39.2 Å². The van der Waals surface area contributed by atoms with Crippen LogP contribution in [0.15, 0.2) is 18.2 Å². The zero-order chi connectivity index (χ0) is 11.2. The molecule has 1 heterocycles. The van der Waals surface area contributed by atoms with E-state index >= 15 is 0 Å². The maximum absolute atomic E-state index is 9.83. The summed E-state index contributed by atoms with van der Waals surface area (Å²) >= 11 is 0. The molecule has 1 aromatic carbocycles. The Morgan fingerprint density at radius 3 is 2.60 bits per heavy atom. The third-order valence-corrected chi connectivity index (χ3v) is 3.90. The minimum atomic E-state index is 0.0330. The topological polar surface area (TPSA) is 32.3 Å². The molecule has 2 unspecified atom stereocenters. The molecule has 0 aliphatic carbocycles. The maximum atomic E-state index is 9.83. The van der Waals surface area contributed by atoms with Crippen molar-refractivity contribution in [3.05, 3.63) is 23.8 Å². The van der Waals surface area contributed by atoms with E-state index in [-0.39, 0.29) is 5.54 Å². The molecule has 82 valence electrons. The second-order valence-corrected chi connectivity index (χ2v) is 5.17. The molecule has 1 aliphatic rings. The van der Waals surface area contributed by atoms with Gasteiger partial charge in [0.2, 0.25) is 0 Å². The Balaban J connectivity index is 2.55. The normalized spacial score (nSPS) is 28.0. The van der Waals surface area contributed by atoms with E-state index in [0.717, 1.165) is 5.69 Å². The number of para-hydroxylation sites is 1. The Bertz CT molecular complexity index is 384. The average molecular weight is 205 g/mol. The second-order valence-electron chi connectivity index (χ2n) is 5.17. The van der Waals surface area contributed by atoms with E-state index in [4.69, 9.17) is 0 Å². The van der Waals surface area contributed by atoms with Crippen LogP contribution in [0.25, 0.3) is 0 Å². The first-order valence-corrected chi connectivity index (χ1v) is 5.53. The Morgan fingerprint density at radius 2 is 1.93 bits per heavy atom. The highest BCUT2D eigenvalue weighted by Crippen LogP contribution is 2.45. The Kier molecular flexibility index (Phi) is 2.18. The highest BCUT2D eigenvalue weighted by Gasteiger charge is 2.37. The summed E-state index contributed by atoms with van der Waals surface area (Å²) in [6.07, 6.45) is 0. The fraction of sp³-hybridized carbons (Fsp3) is 0.538. The maximum Gasteiger partial charge on any atom is 0.138 e. The van der Waals surface area contributed by atoms with Crippen LogP contribution in [-0.4, -0.2) is 10.6 Å². The molecule has 2 heteroatoms. The largest absolute Gasteiger partial charge is 0.506 e. The first-order chi connectivity index (χ1) is 6.93. The molecule has 15 heavy (non-hydrogen) atoms. The van der Waals surface area contributed by atoms with Crippen molar-refractivity contribution in [2.75, 3.05) is 5.32 Å². The Hall–Kier alpha value is -1.18. The second kappa shape index (κ2) is 3.16. The van der Waals surface area contributed by atoms with Crippen molar-refractivity contribution in [1.82, 2.24) is 0 Å². The van der Waals surface area contributed by atoms with E-state index in [1.165, 1.54) is 5.56 Å². The molecule has 1 aromatic rings. The summed E-state index contributed by atoms with van der Waals surface area (Å²) in [6, 6.07) is 5.75. The van der Waals surface area contributed by atoms with Crippen LogP contribution in [0.5, 0.6) is 5.75 Å². The van der Waals surface area contributed by atoms with Crippen LogP contribution in [0.2, 0.25) is 0 Å². The van der Waals surface area contributed by atoms with Crippen molar-refractivity contribution < 1.29 is 5.11 Å². The molecule has 1 aliphatic heterocycles. The van der Waals surface area contributed by atoms with Crippen LogP contribution >= 0.6 is 0 Å². The molecule has 2 rings (SSSR count). The summed E-state index contributed by atoms with van der Waals surface area (Å²) in [6.45, 7) is 8.85. The summed E-state index contributed by atoms with van der Waals surface area (Å²) in [7, 11) is 0. The van der Waals surface area contributed by atoms with E-state index in [1.54, 1.807) is 6.07 Å². The summed E-state index contributed by atoms with van der Waals surface area (Å²) in [5, 5.41) is 13.3. The fourth-order valence-electron chi connectivity index (χ4n) is 2.40. The summed E-state index contributed by atoms with van der Waals surface area (Å²) in [5.41, 5.74) is 2.17. The molecular weight excluding hydrogens is 186 g/mol. The molecule has 0 amide bonds. The minimum absolute atomic E-state index is 0.0330. The molecule has 2 N–H and O–H groups in total. The number of rotatable bonds is 0. The fourth-order valence-corrected chi connectivity index (χ4v) is 2.40. The molecule has 2 atom stereocenters. The SMILES string of the molecule is CC1c2cccc(O)c2NC(C)(C)C1C. The number of fused-ring (bicyclic) bond motifs is 1. The molecule has 0 bridgehead atoms. The van der Waals surface area contributed by atoms with Gasteiger partial charge in [0.15, 0.2) is 0 Å². The number of hydrogen-bond donors (Lipinski definition) is 2. The van der Waals surface area contributed by atoms with E-state index in [0.29, 0.717) is 17.6 Å². The van der Waals surface area contributed by atoms with Crippen molar-refractivity contribution >= 4 is 5.69 Å². The van der Waals surface area contributed by atoms with Gasteiger partial charge in [0.25, 0.3) is 0 Å². The van der Waals surface area contributed by atoms with Crippen LogP contribution in [0, 0.1) is 5.92 Å². The van der Waals surface area contributed by atoms with E-state index in [9.17, 15) is 5.11 Å². The van der Waals surface area contributed by atoms with Gasteiger partial charge in [-0.2, -0.15) is 0 Å². The molecular formula is C13H19NO. The molecule has 0 saturated heterocycles. The van der Waals surface area contributed by atoms with Gasteiger partial charge in [0, 0.05) is 5.54 Å². The number of aromatic hydroxyl groups is 1. The molecule has 2 nitrogen and oxygen atoms in total. The first-order valence-electron chi connectivity index (χ1n) is 5.53. The van der Waals surface area contributed by atoms with Gasteiger partial charge < -0.3 is 10.4 Å². The minimum Gasteiger partial charge on any atom is -0.506 e. The van der Waals surface area contributed by atoms with Crippen molar-refractivity contribution in [2.24, 2.45) is 5.92 Å². The monoisotopic (exact) mass is 205 g/mol. The molecule has 0 saturated carbocycles. The number of phenols is 1. The van der Waals surface area contributed by atoms with Gasteiger partial charge >= 0.3 is 0 Å². The lowest BCUT2D eigenvalue weighted by atomic mass is 9.73. The Labute approximate surface area is 91.3 Å². The van der Waals surface area contributed by atoms with Crippen molar-refractivity contribution in [3.8, 4) is 5.75 Å². The molecule has 0 fully saturated rings. The zero-order valence-electron chi connectivity index (χ0n) is 9.83. The smallest absolute Gasteiger partial charge is 0.138 e. The third kappa shape index (κ3) is 1.48. The van der Waals surface area contributed by atoms with Crippen molar-refractivity contribution in [1.29, 1.82) is 0 Å².